The molecule has 2 aromatic rings. The predicted molar refractivity (Wildman–Crippen MR) is 103 cm³/mol. The lowest BCUT2D eigenvalue weighted by Crippen LogP contribution is -2.39. The van der Waals surface area contributed by atoms with E-state index in [-0.39, 0.29) is 25.1 Å². The Balaban J connectivity index is 1.81. The second-order valence-electron chi connectivity index (χ2n) is 6.24. The van der Waals surface area contributed by atoms with Gasteiger partial charge in [0.2, 0.25) is 0 Å². The first-order valence-electron chi connectivity index (χ1n) is 8.90. The number of hydrogen-bond donors (Lipinski definition) is 3. The Kier molecular flexibility index (Phi) is 8.02. The van der Waals surface area contributed by atoms with Gasteiger partial charge in [0.05, 0.1) is 12.6 Å². The summed E-state index contributed by atoms with van der Waals surface area (Å²) in [5.74, 6) is -0.250. The standard InChI is InChI=1S/C20H22F3N3O3/c1-14(25-19(28)24-10-11-29-13-20(21,22)23)16-8-5-9-17(12-16)26-18(27)15-6-3-2-4-7-15/h2-9,12,14H,10-11,13H2,1H3,(H,26,27)(H2,24,25,28). The first kappa shape index (κ1) is 22.2. The van der Waals surface area contributed by atoms with Crippen LogP contribution in [0.5, 0.6) is 0 Å². The molecule has 29 heavy (non-hydrogen) atoms. The summed E-state index contributed by atoms with van der Waals surface area (Å²) in [7, 11) is 0. The number of amides is 3. The Morgan fingerprint density at radius 1 is 1.07 bits per heavy atom. The van der Waals surface area contributed by atoms with Gasteiger partial charge >= 0.3 is 12.2 Å². The van der Waals surface area contributed by atoms with E-state index in [0.717, 1.165) is 5.56 Å². The van der Waals surface area contributed by atoms with Crippen molar-refractivity contribution < 1.29 is 27.5 Å². The molecule has 0 heterocycles. The normalized spacial score (nSPS) is 12.1. The van der Waals surface area contributed by atoms with Crippen LogP contribution in [-0.4, -0.2) is 37.9 Å². The molecule has 3 amide bonds. The van der Waals surface area contributed by atoms with Gasteiger partial charge in [-0.1, -0.05) is 30.3 Å². The lowest BCUT2D eigenvalue weighted by atomic mass is 10.1. The Morgan fingerprint density at radius 2 is 1.79 bits per heavy atom. The quantitative estimate of drug-likeness (QED) is 0.579. The topological polar surface area (TPSA) is 79.5 Å². The second-order valence-corrected chi connectivity index (χ2v) is 6.24. The molecule has 0 spiro atoms. The Morgan fingerprint density at radius 3 is 2.48 bits per heavy atom. The molecule has 156 valence electrons. The molecule has 1 atom stereocenters. The highest BCUT2D eigenvalue weighted by Gasteiger charge is 2.27. The molecule has 3 N–H and O–H groups in total. The minimum atomic E-state index is -4.39. The van der Waals surface area contributed by atoms with Crippen molar-refractivity contribution in [3.05, 3.63) is 65.7 Å². The molecule has 1 unspecified atom stereocenters. The lowest BCUT2D eigenvalue weighted by molar-refractivity contribution is -0.173. The summed E-state index contributed by atoms with van der Waals surface area (Å²) in [5.41, 5.74) is 1.85. The summed E-state index contributed by atoms with van der Waals surface area (Å²) in [6.45, 7) is 0.0934. The summed E-state index contributed by atoms with van der Waals surface area (Å²) in [5, 5.41) is 7.89. The maximum absolute atomic E-state index is 12.2. The average molecular weight is 409 g/mol. The second kappa shape index (κ2) is 10.5. The number of nitrogens with one attached hydrogen (secondary N) is 3. The van der Waals surface area contributed by atoms with Gasteiger partial charge < -0.3 is 20.7 Å². The molecule has 0 fully saturated rings. The fourth-order valence-electron chi connectivity index (χ4n) is 2.43. The van der Waals surface area contributed by atoms with Crippen LogP contribution in [0, 0.1) is 0 Å². The van der Waals surface area contributed by atoms with E-state index >= 15 is 0 Å². The van der Waals surface area contributed by atoms with E-state index in [9.17, 15) is 22.8 Å². The molecule has 0 saturated heterocycles. The van der Waals surface area contributed by atoms with Crippen LogP contribution in [0.3, 0.4) is 0 Å². The third-order valence-corrected chi connectivity index (χ3v) is 3.83. The molecule has 2 aromatic carbocycles. The van der Waals surface area contributed by atoms with E-state index < -0.39 is 18.8 Å². The number of rotatable bonds is 8. The number of benzene rings is 2. The Labute approximate surface area is 166 Å². The fraction of sp³-hybridized carbons (Fsp3) is 0.300. The molecule has 2 rings (SSSR count). The van der Waals surface area contributed by atoms with Crippen molar-refractivity contribution in [3.63, 3.8) is 0 Å². The van der Waals surface area contributed by atoms with Crippen molar-refractivity contribution in [2.24, 2.45) is 0 Å². The van der Waals surface area contributed by atoms with Gasteiger partial charge in [-0.05, 0) is 36.8 Å². The van der Waals surface area contributed by atoms with Crippen LogP contribution in [0.4, 0.5) is 23.7 Å². The number of halogens is 3. The molecule has 0 radical (unpaired) electrons. The van der Waals surface area contributed by atoms with E-state index in [0.29, 0.717) is 11.3 Å². The van der Waals surface area contributed by atoms with E-state index in [4.69, 9.17) is 0 Å². The molecule has 0 aliphatic heterocycles. The van der Waals surface area contributed by atoms with Crippen molar-refractivity contribution in [1.29, 1.82) is 0 Å². The number of ether oxygens (including phenoxy) is 1. The minimum Gasteiger partial charge on any atom is -0.370 e. The first-order valence-corrected chi connectivity index (χ1v) is 8.90. The third kappa shape index (κ3) is 8.22. The number of anilines is 1. The Bertz CT molecular complexity index is 813. The van der Waals surface area contributed by atoms with Crippen molar-refractivity contribution in [2.75, 3.05) is 25.1 Å². The van der Waals surface area contributed by atoms with Crippen molar-refractivity contribution in [3.8, 4) is 0 Å². The summed E-state index contributed by atoms with van der Waals surface area (Å²) >= 11 is 0. The molecular formula is C20H22F3N3O3. The van der Waals surface area contributed by atoms with E-state index in [1.165, 1.54) is 0 Å². The third-order valence-electron chi connectivity index (χ3n) is 3.83. The van der Waals surface area contributed by atoms with Gasteiger partial charge in [-0.25, -0.2) is 4.79 Å². The van der Waals surface area contributed by atoms with Gasteiger partial charge in [-0.15, -0.1) is 0 Å². The highest BCUT2D eigenvalue weighted by atomic mass is 19.4. The van der Waals surface area contributed by atoms with Crippen LogP contribution in [0.1, 0.15) is 28.9 Å². The molecule has 0 aliphatic rings. The minimum absolute atomic E-state index is 0.0538. The number of urea groups is 1. The van der Waals surface area contributed by atoms with Crippen LogP contribution in [-0.2, 0) is 4.74 Å². The van der Waals surface area contributed by atoms with Crippen LogP contribution in [0.2, 0.25) is 0 Å². The van der Waals surface area contributed by atoms with Gasteiger partial charge in [-0.2, -0.15) is 13.2 Å². The maximum atomic E-state index is 12.2. The number of carbonyl (C=O) groups is 2. The summed E-state index contributed by atoms with van der Waals surface area (Å²) < 4.78 is 40.3. The fourth-order valence-corrected chi connectivity index (χ4v) is 2.43. The number of carbonyl (C=O) groups excluding carboxylic acids is 2. The van der Waals surface area contributed by atoms with Gasteiger partial charge in [-0.3, -0.25) is 4.79 Å². The van der Waals surface area contributed by atoms with Gasteiger partial charge in [0.15, 0.2) is 0 Å². The summed E-state index contributed by atoms with van der Waals surface area (Å²) in [4.78, 5) is 24.1. The molecule has 0 bridgehead atoms. The summed E-state index contributed by atoms with van der Waals surface area (Å²) in [6, 6.07) is 14.8. The van der Waals surface area contributed by atoms with Gasteiger partial charge in [0, 0.05) is 17.8 Å². The molecule has 6 nitrogen and oxygen atoms in total. The molecule has 0 aliphatic carbocycles. The highest BCUT2D eigenvalue weighted by molar-refractivity contribution is 6.04. The monoisotopic (exact) mass is 409 g/mol. The van der Waals surface area contributed by atoms with Crippen molar-refractivity contribution in [2.45, 2.75) is 19.1 Å². The zero-order valence-corrected chi connectivity index (χ0v) is 15.8. The predicted octanol–water partition coefficient (Wildman–Crippen LogP) is 3.88. The SMILES string of the molecule is CC(NC(=O)NCCOCC(F)(F)F)c1cccc(NC(=O)c2ccccc2)c1. The highest BCUT2D eigenvalue weighted by Crippen LogP contribution is 2.18. The zero-order valence-electron chi connectivity index (χ0n) is 15.8. The molecule has 0 aromatic heterocycles. The molecule has 9 heteroatoms. The van der Waals surface area contributed by atoms with E-state index in [1.807, 2.05) is 6.07 Å². The number of alkyl halides is 3. The first-order chi connectivity index (χ1) is 13.7. The van der Waals surface area contributed by atoms with Crippen LogP contribution < -0.4 is 16.0 Å². The zero-order chi connectivity index (χ0) is 21.3. The molecule has 0 saturated carbocycles. The van der Waals surface area contributed by atoms with E-state index in [1.54, 1.807) is 55.5 Å². The molecular weight excluding hydrogens is 387 g/mol. The average Bonchev–Trinajstić information content (AvgIpc) is 2.67. The number of hydrogen-bond acceptors (Lipinski definition) is 3. The van der Waals surface area contributed by atoms with Crippen molar-refractivity contribution in [1.82, 2.24) is 10.6 Å². The van der Waals surface area contributed by atoms with E-state index in [2.05, 4.69) is 20.7 Å². The smallest absolute Gasteiger partial charge is 0.370 e. The van der Waals surface area contributed by atoms with Crippen LogP contribution >= 0.6 is 0 Å². The van der Waals surface area contributed by atoms with Crippen molar-refractivity contribution >= 4 is 17.6 Å². The largest absolute Gasteiger partial charge is 0.411 e. The van der Waals surface area contributed by atoms with Crippen LogP contribution in [0.25, 0.3) is 0 Å². The van der Waals surface area contributed by atoms with Gasteiger partial charge in [0.1, 0.15) is 6.61 Å². The van der Waals surface area contributed by atoms with Gasteiger partial charge in [0.25, 0.3) is 5.91 Å². The van der Waals surface area contributed by atoms with Crippen LogP contribution in [0.15, 0.2) is 54.6 Å². The Hall–Kier alpha value is -3.07. The lowest BCUT2D eigenvalue weighted by Gasteiger charge is -2.16. The maximum Gasteiger partial charge on any atom is 0.411 e. The summed E-state index contributed by atoms with van der Waals surface area (Å²) in [6.07, 6.45) is -4.39.